The van der Waals surface area contributed by atoms with Gasteiger partial charge in [-0.3, -0.25) is 9.79 Å². The molecule has 0 spiro atoms. The minimum Gasteiger partial charge on any atom is -0.462 e. The molecule has 1 aromatic carbocycles. The van der Waals surface area contributed by atoms with Crippen LogP contribution < -0.4 is 4.74 Å². The zero-order valence-electron chi connectivity index (χ0n) is 15.8. The summed E-state index contributed by atoms with van der Waals surface area (Å²) in [6, 6.07) is 0.981. The Morgan fingerprint density at radius 2 is 1.83 bits per heavy atom. The second-order valence-corrected chi connectivity index (χ2v) is 6.14. The molecule has 0 fully saturated rings. The Hall–Kier alpha value is -2.78. The second-order valence-electron chi connectivity index (χ2n) is 6.14. The van der Waals surface area contributed by atoms with Gasteiger partial charge in [0.15, 0.2) is 5.71 Å². The van der Waals surface area contributed by atoms with E-state index in [4.69, 9.17) is 9.47 Å². The van der Waals surface area contributed by atoms with E-state index in [1.807, 2.05) is 0 Å². The average Bonchev–Trinajstić information content (AvgIpc) is 2.61. The Morgan fingerprint density at radius 1 is 1.24 bits per heavy atom. The van der Waals surface area contributed by atoms with Gasteiger partial charge >= 0.3 is 18.1 Å². The van der Waals surface area contributed by atoms with Crippen LogP contribution in [0.15, 0.2) is 29.8 Å². The standard InChI is InChI=1S/C19H20F5NO4/c1-4-15(26)28-10-11(2)6-5-7-16(27)29-12-8-13(20)17(14(21)9-12)18(25-3)19(22,23)24/h4,8-9,11H,1,5-7,10H2,2-3H3/b25-18-. The molecule has 0 saturated heterocycles. The molecule has 1 unspecified atom stereocenters. The van der Waals surface area contributed by atoms with Crippen LogP contribution in [-0.4, -0.2) is 37.5 Å². The van der Waals surface area contributed by atoms with E-state index in [2.05, 4.69) is 11.6 Å². The lowest BCUT2D eigenvalue weighted by molar-refractivity contribution is -0.139. The molecule has 0 amide bonds. The lowest BCUT2D eigenvalue weighted by Gasteiger charge is -2.13. The SMILES string of the molecule is C=CC(=O)OCC(C)CCCC(=O)Oc1cc(F)c(/C(=N/C)C(F)(F)F)c(F)c1. The predicted molar refractivity (Wildman–Crippen MR) is 94.7 cm³/mol. The summed E-state index contributed by atoms with van der Waals surface area (Å²) in [4.78, 5) is 25.6. The molecule has 0 aliphatic carbocycles. The third-order valence-corrected chi connectivity index (χ3v) is 3.73. The fourth-order valence-electron chi connectivity index (χ4n) is 2.36. The van der Waals surface area contributed by atoms with Crippen molar-refractivity contribution in [1.82, 2.24) is 0 Å². The van der Waals surface area contributed by atoms with E-state index in [1.165, 1.54) is 0 Å². The van der Waals surface area contributed by atoms with Crippen molar-refractivity contribution in [2.24, 2.45) is 10.9 Å². The van der Waals surface area contributed by atoms with Crippen molar-refractivity contribution in [2.45, 2.75) is 32.4 Å². The molecule has 1 rings (SSSR count). The molecule has 5 nitrogen and oxygen atoms in total. The van der Waals surface area contributed by atoms with Crippen molar-refractivity contribution in [1.29, 1.82) is 0 Å². The number of alkyl halides is 3. The van der Waals surface area contributed by atoms with Crippen molar-refractivity contribution >= 4 is 17.7 Å². The molecule has 0 N–H and O–H groups in total. The first-order valence-corrected chi connectivity index (χ1v) is 8.52. The van der Waals surface area contributed by atoms with E-state index in [0.717, 1.165) is 13.1 Å². The number of aliphatic imine (C=N–C) groups is 1. The van der Waals surface area contributed by atoms with E-state index in [9.17, 15) is 31.5 Å². The molecule has 0 aromatic heterocycles. The number of hydrogen-bond donors (Lipinski definition) is 0. The van der Waals surface area contributed by atoms with E-state index in [1.54, 1.807) is 6.92 Å². The van der Waals surface area contributed by atoms with Gasteiger partial charge in [0, 0.05) is 31.7 Å². The molecule has 0 aliphatic heterocycles. The Labute approximate surface area is 164 Å². The van der Waals surface area contributed by atoms with Crippen LogP contribution >= 0.6 is 0 Å². The van der Waals surface area contributed by atoms with Crippen molar-refractivity contribution in [3.63, 3.8) is 0 Å². The fourth-order valence-corrected chi connectivity index (χ4v) is 2.36. The third kappa shape index (κ3) is 7.63. The Balaban J connectivity index is 2.67. The lowest BCUT2D eigenvalue weighted by Crippen LogP contribution is -2.26. The third-order valence-electron chi connectivity index (χ3n) is 3.73. The van der Waals surface area contributed by atoms with Crippen LogP contribution in [-0.2, 0) is 14.3 Å². The molecule has 29 heavy (non-hydrogen) atoms. The first-order valence-electron chi connectivity index (χ1n) is 8.52. The van der Waals surface area contributed by atoms with Crippen LogP contribution in [0.5, 0.6) is 5.75 Å². The lowest BCUT2D eigenvalue weighted by atomic mass is 10.1. The number of nitrogens with zero attached hydrogens (tertiary/aromatic N) is 1. The summed E-state index contributed by atoms with van der Waals surface area (Å²) >= 11 is 0. The van der Waals surface area contributed by atoms with E-state index in [-0.39, 0.29) is 18.9 Å². The van der Waals surface area contributed by atoms with Gasteiger partial charge in [-0.2, -0.15) is 13.2 Å². The van der Waals surface area contributed by atoms with Gasteiger partial charge in [0.25, 0.3) is 0 Å². The van der Waals surface area contributed by atoms with Crippen molar-refractivity contribution in [2.75, 3.05) is 13.7 Å². The summed E-state index contributed by atoms with van der Waals surface area (Å²) < 4.78 is 76.1. The van der Waals surface area contributed by atoms with Crippen LogP contribution in [0, 0.1) is 17.6 Å². The first kappa shape index (κ1) is 24.3. The highest BCUT2D eigenvalue weighted by Crippen LogP contribution is 2.29. The highest BCUT2D eigenvalue weighted by atomic mass is 19.4. The molecule has 0 bridgehead atoms. The van der Waals surface area contributed by atoms with Gasteiger partial charge in [-0.15, -0.1) is 0 Å². The molecule has 0 saturated carbocycles. The minimum atomic E-state index is -5.05. The monoisotopic (exact) mass is 421 g/mol. The summed E-state index contributed by atoms with van der Waals surface area (Å²) in [5, 5.41) is 0. The van der Waals surface area contributed by atoms with Gasteiger partial charge in [-0.05, 0) is 18.8 Å². The summed E-state index contributed by atoms with van der Waals surface area (Å²) in [7, 11) is 0.759. The molecule has 0 radical (unpaired) electrons. The van der Waals surface area contributed by atoms with Crippen LogP contribution in [0.3, 0.4) is 0 Å². The number of halogens is 5. The number of carbonyl (C=O) groups is 2. The molecule has 0 aliphatic rings. The largest absolute Gasteiger partial charge is 0.462 e. The van der Waals surface area contributed by atoms with Crippen LogP contribution in [0.1, 0.15) is 31.7 Å². The Morgan fingerprint density at radius 3 is 2.31 bits per heavy atom. The van der Waals surface area contributed by atoms with Crippen molar-refractivity contribution in [3.05, 3.63) is 42.0 Å². The number of hydrogen-bond acceptors (Lipinski definition) is 5. The highest BCUT2D eigenvalue weighted by molar-refractivity contribution is 6.05. The van der Waals surface area contributed by atoms with Gasteiger partial charge < -0.3 is 9.47 Å². The maximum absolute atomic E-state index is 14.0. The second kappa shape index (κ2) is 10.7. The number of carbonyl (C=O) groups excluding carboxylic acids is 2. The van der Waals surface area contributed by atoms with Crippen LogP contribution in [0.25, 0.3) is 0 Å². The quantitative estimate of drug-likeness (QED) is 0.195. The maximum Gasteiger partial charge on any atom is 0.433 e. The summed E-state index contributed by atoms with van der Waals surface area (Å²) in [5.41, 5.74) is -3.06. The van der Waals surface area contributed by atoms with Crippen LogP contribution in [0.4, 0.5) is 22.0 Å². The maximum atomic E-state index is 14.0. The summed E-state index contributed by atoms with van der Waals surface area (Å²) in [6.07, 6.45) is -3.28. The predicted octanol–water partition coefficient (Wildman–Crippen LogP) is 4.39. The number of benzene rings is 1. The molecular formula is C19H20F5NO4. The fraction of sp³-hybridized carbons (Fsp3) is 0.421. The molecule has 160 valence electrons. The Bertz CT molecular complexity index is 766. The highest BCUT2D eigenvalue weighted by Gasteiger charge is 2.39. The number of esters is 2. The Kier molecular flexibility index (Phi) is 8.93. The van der Waals surface area contributed by atoms with Gasteiger partial charge in [-0.1, -0.05) is 13.5 Å². The zero-order valence-corrected chi connectivity index (χ0v) is 15.8. The number of ether oxygens (including phenoxy) is 2. The van der Waals surface area contributed by atoms with E-state index in [0.29, 0.717) is 25.0 Å². The first-order chi connectivity index (χ1) is 13.5. The van der Waals surface area contributed by atoms with E-state index < -0.39 is 46.8 Å². The minimum absolute atomic E-state index is 0.0463. The molecule has 10 heteroatoms. The van der Waals surface area contributed by atoms with Gasteiger partial charge in [0.1, 0.15) is 17.4 Å². The average molecular weight is 421 g/mol. The molecule has 1 atom stereocenters. The summed E-state index contributed by atoms with van der Waals surface area (Å²) in [6.45, 7) is 5.18. The van der Waals surface area contributed by atoms with Gasteiger partial charge in [0.05, 0.1) is 12.2 Å². The molecular weight excluding hydrogens is 401 g/mol. The van der Waals surface area contributed by atoms with Crippen molar-refractivity contribution in [3.8, 4) is 5.75 Å². The van der Waals surface area contributed by atoms with Crippen LogP contribution in [0.2, 0.25) is 0 Å². The van der Waals surface area contributed by atoms with E-state index >= 15 is 0 Å². The number of rotatable bonds is 9. The zero-order chi connectivity index (χ0) is 22.2. The molecule has 0 heterocycles. The van der Waals surface area contributed by atoms with Crippen molar-refractivity contribution < 1.29 is 41.0 Å². The molecule has 1 aromatic rings. The summed E-state index contributed by atoms with van der Waals surface area (Å²) in [5.74, 6) is -5.08. The van der Waals surface area contributed by atoms with Gasteiger partial charge in [0.2, 0.25) is 0 Å². The van der Waals surface area contributed by atoms with Gasteiger partial charge in [-0.25, -0.2) is 13.6 Å². The topological polar surface area (TPSA) is 65.0 Å². The normalized spacial score (nSPS) is 13.0. The smallest absolute Gasteiger partial charge is 0.433 e.